The summed E-state index contributed by atoms with van der Waals surface area (Å²) in [5.41, 5.74) is 4.24. The number of carboxylic acids is 1. The van der Waals surface area contributed by atoms with Crippen molar-refractivity contribution >= 4 is 59.7 Å². The fourth-order valence-electron chi connectivity index (χ4n) is 11.1. The zero-order chi connectivity index (χ0) is 63.5. The number of ether oxygens (including phenoxy) is 15. The quantitative estimate of drug-likeness (QED) is 0.0824. The van der Waals surface area contributed by atoms with Crippen molar-refractivity contribution in [2.75, 3.05) is 33.0 Å². The molecule has 8 rings (SSSR count). The molecule has 0 spiro atoms. The standard InChI is InChI=1S/C59H69N3O26/c1-27(63)60-45-50(81-32(6)68)48-44(25-76-55(87-48)35-16-10-9-11-17-35)85-57(45)77-26-43-47(79-30(4)66)51(88-58-53(83-34(8)70)52(82-33(7)69)49(80-31(5)67)42(86-58)24-74-29(3)65)46(61-28(2)64)56(84-43)75-23-41(54(71)72)62-59(73)78-22-40-38-20-14-12-18-36(38)37-19-13-15-21-39(37)40/h9-21,40-53,55-58H,22-26H2,1-8H3,(H,60,63)(H,61,64)(H,62,73)(H,71,72)/t41-,42+,43+,44+,45+,46+,47-,48+,49-,50+,51+,52-,53+,55+,56-,57+,58-/m0/s1. The average molecular weight is 1240 g/mol. The van der Waals surface area contributed by atoms with Crippen LogP contribution in [0.5, 0.6) is 0 Å². The molecule has 88 heavy (non-hydrogen) atoms. The smallest absolute Gasteiger partial charge is 0.407 e. The van der Waals surface area contributed by atoms with Gasteiger partial charge in [0.1, 0.15) is 55.8 Å². The van der Waals surface area contributed by atoms with Crippen molar-refractivity contribution in [2.24, 2.45) is 0 Å². The number of rotatable bonds is 22. The second kappa shape index (κ2) is 29.7. The third-order valence-electron chi connectivity index (χ3n) is 14.4. The highest BCUT2D eigenvalue weighted by molar-refractivity contribution is 5.81. The van der Waals surface area contributed by atoms with Gasteiger partial charge in [-0.15, -0.1) is 0 Å². The third kappa shape index (κ3) is 16.5. The van der Waals surface area contributed by atoms with Crippen molar-refractivity contribution in [3.8, 4) is 11.1 Å². The van der Waals surface area contributed by atoms with Crippen LogP contribution in [0.2, 0.25) is 0 Å². The van der Waals surface area contributed by atoms with Crippen molar-refractivity contribution in [3.63, 3.8) is 0 Å². The highest BCUT2D eigenvalue weighted by atomic mass is 16.8. The first-order valence-corrected chi connectivity index (χ1v) is 28.0. The molecular weight excluding hydrogens is 1170 g/mol. The normalized spacial score (nSPS) is 29.1. The number of alkyl carbamates (subject to hydrolysis) is 1. The Kier molecular flexibility index (Phi) is 22.2. The molecule has 0 radical (unpaired) electrons. The number of hydrogen-bond acceptors (Lipinski definition) is 25. The van der Waals surface area contributed by atoms with E-state index in [1.54, 1.807) is 30.3 Å². The van der Waals surface area contributed by atoms with E-state index in [1.165, 1.54) is 6.92 Å². The molecule has 4 saturated heterocycles. The highest BCUT2D eigenvalue weighted by Crippen LogP contribution is 2.45. The monoisotopic (exact) mass is 1240 g/mol. The van der Waals surface area contributed by atoms with Crippen LogP contribution in [0.1, 0.15) is 84.3 Å². The molecule has 0 unspecified atom stereocenters. The van der Waals surface area contributed by atoms with Gasteiger partial charge in [0.05, 0.1) is 19.8 Å². The Morgan fingerprint density at radius 3 is 1.58 bits per heavy atom. The van der Waals surface area contributed by atoms with E-state index in [4.69, 9.17) is 71.1 Å². The summed E-state index contributed by atoms with van der Waals surface area (Å²) in [5.74, 6) is -9.12. The number of aliphatic carboxylic acids is 1. The first-order chi connectivity index (χ1) is 41.9. The lowest BCUT2D eigenvalue weighted by atomic mass is 9.94. The molecule has 4 heterocycles. The molecule has 1 aliphatic carbocycles. The van der Waals surface area contributed by atoms with Crippen LogP contribution < -0.4 is 16.0 Å². The van der Waals surface area contributed by atoms with E-state index in [0.717, 1.165) is 70.7 Å². The maximum Gasteiger partial charge on any atom is 0.407 e. The van der Waals surface area contributed by atoms with Gasteiger partial charge in [-0.3, -0.25) is 38.4 Å². The molecule has 3 aromatic carbocycles. The van der Waals surface area contributed by atoms with Crippen LogP contribution in [0.3, 0.4) is 0 Å². The molecular formula is C59H69N3O26. The lowest BCUT2D eigenvalue weighted by Gasteiger charge is -2.50. The zero-order valence-electron chi connectivity index (χ0n) is 49.1. The molecule has 3 aromatic rings. The van der Waals surface area contributed by atoms with Crippen LogP contribution in [0.15, 0.2) is 78.9 Å². The number of esters is 6. The fourth-order valence-corrected chi connectivity index (χ4v) is 11.1. The van der Waals surface area contributed by atoms with Gasteiger partial charge < -0.3 is 92.1 Å². The molecule has 0 saturated carbocycles. The predicted octanol–water partition coefficient (Wildman–Crippen LogP) is 1.92. The second-order valence-electron chi connectivity index (χ2n) is 21.1. The van der Waals surface area contributed by atoms with Crippen LogP contribution >= 0.6 is 0 Å². The topological polar surface area (TPSA) is 365 Å². The molecule has 0 bridgehead atoms. The minimum Gasteiger partial charge on any atom is -0.480 e. The lowest BCUT2D eigenvalue weighted by molar-refractivity contribution is -0.359. The summed E-state index contributed by atoms with van der Waals surface area (Å²) in [5, 5.41) is 18.2. The summed E-state index contributed by atoms with van der Waals surface area (Å²) in [4.78, 5) is 130. The number of amides is 3. The second-order valence-corrected chi connectivity index (χ2v) is 21.1. The van der Waals surface area contributed by atoms with Gasteiger partial charge in [-0.05, 0) is 22.3 Å². The molecule has 4 N–H and O–H groups in total. The fraction of sp³-hybridized carbons (Fsp3) is 0.525. The SMILES string of the molecule is CC(=O)N[C@H]1[C@@H](OC[C@H](NC(=O)OCC2c3ccccc3-c3ccccc32)C(=O)O)O[C@H](CO[C@@H]2O[C@@H]3CO[C@@H](c4ccccc4)O[C@H]3[C@H](OC(C)=O)[C@H]2NC(C)=O)[C@H](OC(C)=O)[C@@H]1O[C@@H]1O[C@H](COC(C)=O)[C@H](OC(C)=O)[C@H](OC(C)=O)[C@H]1OC(C)=O. The number of carboxylic acid groups (broad SMARTS) is 1. The van der Waals surface area contributed by atoms with Crippen LogP contribution in [0.4, 0.5) is 4.79 Å². The van der Waals surface area contributed by atoms with Crippen LogP contribution in [-0.2, 0) is 114 Å². The molecule has 29 nitrogen and oxygen atoms in total. The van der Waals surface area contributed by atoms with Gasteiger partial charge in [0.15, 0.2) is 61.7 Å². The van der Waals surface area contributed by atoms with Gasteiger partial charge in [-0.1, -0.05) is 78.9 Å². The van der Waals surface area contributed by atoms with E-state index in [1.807, 2.05) is 48.5 Å². The Hall–Kier alpha value is -8.16. The maximum absolute atomic E-state index is 13.6. The Morgan fingerprint density at radius 1 is 0.511 bits per heavy atom. The number of hydrogen-bond donors (Lipinski definition) is 4. The summed E-state index contributed by atoms with van der Waals surface area (Å²) >= 11 is 0. The van der Waals surface area contributed by atoms with E-state index in [2.05, 4.69) is 16.0 Å². The maximum atomic E-state index is 13.6. The number of benzene rings is 3. The van der Waals surface area contributed by atoms with Gasteiger partial charge in [0, 0.05) is 66.9 Å². The average Bonchev–Trinajstić information content (AvgIpc) is 1.24. The Morgan fingerprint density at radius 2 is 1.01 bits per heavy atom. The van der Waals surface area contributed by atoms with Crippen molar-refractivity contribution < 1.29 is 124 Å². The number of carbonyl (C=O) groups is 10. The van der Waals surface area contributed by atoms with Crippen molar-refractivity contribution in [3.05, 3.63) is 95.6 Å². The summed E-state index contributed by atoms with van der Waals surface area (Å²) in [6.07, 6.45) is -23.6. The molecule has 0 aromatic heterocycles. The van der Waals surface area contributed by atoms with Gasteiger partial charge >= 0.3 is 47.9 Å². The number of nitrogens with one attached hydrogen (secondary N) is 3. The summed E-state index contributed by atoms with van der Waals surface area (Å²) in [6.45, 7) is 5.59. The van der Waals surface area contributed by atoms with Gasteiger partial charge in [0.25, 0.3) is 0 Å². The highest BCUT2D eigenvalue weighted by Gasteiger charge is 2.58. The van der Waals surface area contributed by atoms with Crippen molar-refractivity contribution in [1.29, 1.82) is 0 Å². The van der Waals surface area contributed by atoms with Crippen molar-refractivity contribution in [2.45, 2.75) is 166 Å². The molecule has 4 aliphatic heterocycles. The van der Waals surface area contributed by atoms with E-state index in [0.29, 0.717) is 5.56 Å². The van der Waals surface area contributed by atoms with E-state index in [-0.39, 0.29) is 13.2 Å². The van der Waals surface area contributed by atoms with Gasteiger partial charge in [0.2, 0.25) is 11.8 Å². The van der Waals surface area contributed by atoms with Crippen molar-refractivity contribution in [1.82, 2.24) is 16.0 Å². The zero-order valence-corrected chi connectivity index (χ0v) is 49.1. The first-order valence-electron chi connectivity index (χ1n) is 28.0. The molecule has 4 fully saturated rings. The van der Waals surface area contributed by atoms with E-state index < -0.39 is 190 Å². The van der Waals surface area contributed by atoms with Gasteiger partial charge in [-0.25, -0.2) is 9.59 Å². The van der Waals surface area contributed by atoms with E-state index >= 15 is 0 Å². The largest absolute Gasteiger partial charge is 0.480 e. The van der Waals surface area contributed by atoms with Crippen LogP contribution in [0, 0.1) is 0 Å². The Balaban J connectivity index is 1.14. The summed E-state index contributed by atoms with van der Waals surface area (Å²) in [7, 11) is 0. The summed E-state index contributed by atoms with van der Waals surface area (Å²) in [6, 6.07) is 18.9. The van der Waals surface area contributed by atoms with Crippen LogP contribution in [0.25, 0.3) is 11.1 Å². The Labute approximate surface area is 503 Å². The Bertz CT molecular complexity index is 2990. The molecule has 5 aliphatic rings. The molecule has 17 atom stereocenters. The summed E-state index contributed by atoms with van der Waals surface area (Å²) < 4.78 is 90.4. The van der Waals surface area contributed by atoms with E-state index in [9.17, 15) is 53.1 Å². The molecule has 476 valence electrons. The first kappa shape index (κ1) is 65.8. The van der Waals surface area contributed by atoms with Gasteiger partial charge in [-0.2, -0.15) is 0 Å². The predicted molar refractivity (Wildman–Crippen MR) is 292 cm³/mol. The number of carbonyl (C=O) groups excluding carboxylic acids is 9. The minimum atomic E-state index is -2.04. The van der Waals surface area contributed by atoms with Crippen LogP contribution in [-0.4, -0.2) is 196 Å². The number of fused-ring (bicyclic) bond motifs is 4. The molecule has 29 heteroatoms. The lowest BCUT2D eigenvalue weighted by Crippen LogP contribution is -2.70. The molecule has 3 amide bonds. The minimum absolute atomic E-state index is 0.167. The third-order valence-corrected chi connectivity index (χ3v) is 14.4.